The summed E-state index contributed by atoms with van der Waals surface area (Å²) in [7, 11) is 2.65. The van der Waals surface area contributed by atoms with Gasteiger partial charge in [-0.25, -0.2) is 0 Å². The van der Waals surface area contributed by atoms with Crippen LogP contribution in [0.3, 0.4) is 0 Å². The second kappa shape index (κ2) is 3.55. The fraction of sp³-hybridized carbons (Fsp3) is 0.143. The first-order valence-corrected chi connectivity index (χ1v) is 3.84. The minimum Gasteiger partial charge on any atom is -0.412 e. The molecule has 2 N–H and O–H groups in total. The molecule has 0 aromatic heterocycles. The first-order chi connectivity index (χ1) is 4.86. The number of benzene rings is 1. The molecule has 0 heterocycles. The van der Waals surface area contributed by atoms with Gasteiger partial charge in [-0.05, 0) is 23.9 Å². The van der Waals surface area contributed by atoms with Crippen molar-refractivity contribution in [3.05, 3.63) is 29.8 Å². The molecule has 0 amide bonds. The molecule has 0 aliphatic rings. The molecule has 10 heavy (non-hydrogen) atoms. The summed E-state index contributed by atoms with van der Waals surface area (Å²) in [5, 5.41) is 0. The van der Waals surface area contributed by atoms with Crippen LogP contribution in [0.2, 0.25) is 0 Å². The van der Waals surface area contributed by atoms with E-state index in [9.17, 15) is 0 Å². The van der Waals surface area contributed by atoms with Gasteiger partial charge in [-0.3, -0.25) is 0 Å². The van der Waals surface area contributed by atoms with Gasteiger partial charge in [-0.2, -0.15) is 5.90 Å². The van der Waals surface area contributed by atoms with Crippen LogP contribution in [0.25, 0.3) is 0 Å². The van der Waals surface area contributed by atoms with Gasteiger partial charge in [0.2, 0.25) is 0 Å². The molecule has 0 saturated carbocycles. The summed E-state index contributed by atoms with van der Waals surface area (Å²) in [4.78, 5) is 4.51. The monoisotopic (exact) mass is 155 g/mol. The molecule has 0 aliphatic heterocycles. The Balaban J connectivity index is 2.80. The Morgan fingerprint density at radius 1 is 1.30 bits per heavy atom. The molecule has 0 bridgehead atoms. The van der Waals surface area contributed by atoms with E-state index in [1.165, 1.54) is 5.56 Å². The van der Waals surface area contributed by atoms with E-state index in [0.29, 0.717) is 5.75 Å². The fourth-order valence-corrected chi connectivity index (χ4v) is 0.976. The van der Waals surface area contributed by atoms with Crippen LogP contribution in [0.5, 0.6) is 5.75 Å². The maximum Gasteiger partial charge on any atom is 0.146 e. The van der Waals surface area contributed by atoms with Crippen LogP contribution in [0, 0.1) is 0 Å². The first-order valence-electron chi connectivity index (χ1n) is 3.02. The smallest absolute Gasteiger partial charge is 0.146 e. The highest BCUT2D eigenvalue weighted by atomic mass is 31.0. The predicted molar refractivity (Wildman–Crippen MR) is 44.7 cm³/mol. The van der Waals surface area contributed by atoms with Crippen LogP contribution in [0.1, 0.15) is 5.56 Å². The van der Waals surface area contributed by atoms with Crippen LogP contribution in [-0.2, 0) is 6.16 Å². The van der Waals surface area contributed by atoms with E-state index >= 15 is 0 Å². The third kappa shape index (κ3) is 1.69. The van der Waals surface area contributed by atoms with Crippen LogP contribution in [0.15, 0.2) is 24.3 Å². The van der Waals surface area contributed by atoms with Gasteiger partial charge >= 0.3 is 0 Å². The number of rotatable bonds is 2. The molecule has 1 aromatic carbocycles. The summed E-state index contributed by atoms with van der Waals surface area (Å²) < 4.78 is 0. The summed E-state index contributed by atoms with van der Waals surface area (Å²) in [6, 6.07) is 7.66. The van der Waals surface area contributed by atoms with E-state index in [1.807, 2.05) is 24.3 Å². The molecule has 1 aromatic rings. The lowest BCUT2D eigenvalue weighted by molar-refractivity contribution is 0.334. The molecule has 3 heteroatoms. The quantitative estimate of drug-likeness (QED) is 0.516. The van der Waals surface area contributed by atoms with E-state index in [0.717, 1.165) is 6.16 Å². The summed E-state index contributed by atoms with van der Waals surface area (Å²) in [6.07, 6.45) is 0.963. The molecule has 0 radical (unpaired) electrons. The van der Waals surface area contributed by atoms with Crippen molar-refractivity contribution in [1.29, 1.82) is 0 Å². The Hall–Kier alpha value is -0.590. The number of nitrogens with two attached hydrogens (primary N) is 1. The normalized spacial score (nSPS) is 9.40. The van der Waals surface area contributed by atoms with Gasteiger partial charge in [0.05, 0.1) is 0 Å². The van der Waals surface area contributed by atoms with Crippen LogP contribution < -0.4 is 10.7 Å². The highest BCUT2D eigenvalue weighted by Gasteiger charge is 1.89. The molecular weight excluding hydrogens is 145 g/mol. The van der Waals surface area contributed by atoms with Crippen molar-refractivity contribution in [2.45, 2.75) is 6.16 Å². The Kier molecular flexibility index (Phi) is 2.67. The van der Waals surface area contributed by atoms with Gasteiger partial charge in [-0.1, -0.05) is 12.1 Å². The second-order valence-electron chi connectivity index (χ2n) is 1.97. The molecule has 1 atom stereocenters. The highest BCUT2D eigenvalue weighted by molar-refractivity contribution is 7.15. The molecule has 1 unspecified atom stereocenters. The standard InChI is InChI=1S/C7H10NOP/c8-9-7-3-1-6(5-10)2-4-7/h1-4H,5,8,10H2. The maximum atomic E-state index is 4.94. The topological polar surface area (TPSA) is 35.2 Å². The number of hydrogen-bond donors (Lipinski definition) is 1. The minimum atomic E-state index is 0.696. The van der Waals surface area contributed by atoms with E-state index in [2.05, 4.69) is 14.1 Å². The zero-order valence-electron chi connectivity index (χ0n) is 5.58. The Bertz CT molecular complexity index is 174. The van der Waals surface area contributed by atoms with Crippen LogP contribution in [0.4, 0.5) is 0 Å². The fourth-order valence-electron chi connectivity index (χ4n) is 0.704. The van der Waals surface area contributed by atoms with Crippen molar-refractivity contribution < 1.29 is 4.84 Å². The summed E-state index contributed by atoms with van der Waals surface area (Å²) >= 11 is 0. The number of hydrogen-bond acceptors (Lipinski definition) is 2. The van der Waals surface area contributed by atoms with Gasteiger partial charge in [0.15, 0.2) is 0 Å². The van der Waals surface area contributed by atoms with Gasteiger partial charge in [-0.15, -0.1) is 9.24 Å². The van der Waals surface area contributed by atoms with Crippen molar-refractivity contribution in [3.63, 3.8) is 0 Å². The van der Waals surface area contributed by atoms with E-state index in [1.54, 1.807) is 0 Å². The molecule has 0 fully saturated rings. The Labute approximate surface area is 62.5 Å². The zero-order valence-corrected chi connectivity index (χ0v) is 6.73. The van der Waals surface area contributed by atoms with Crippen molar-refractivity contribution in [2.24, 2.45) is 5.90 Å². The van der Waals surface area contributed by atoms with Crippen molar-refractivity contribution in [2.75, 3.05) is 0 Å². The largest absolute Gasteiger partial charge is 0.412 e. The molecule has 2 nitrogen and oxygen atoms in total. The van der Waals surface area contributed by atoms with E-state index in [-0.39, 0.29) is 0 Å². The summed E-state index contributed by atoms with van der Waals surface area (Å²) in [5.41, 5.74) is 1.26. The predicted octanol–water partition coefficient (Wildman–Crippen LogP) is 1.31. The third-order valence-corrected chi connectivity index (χ3v) is 1.77. The Morgan fingerprint density at radius 2 is 1.90 bits per heavy atom. The SMILES string of the molecule is NOc1ccc(CP)cc1. The van der Waals surface area contributed by atoms with Gasteiger partial charge < -0.3 is 4.84 Å². The van der Waals surface area contributed by atoms with E-state index in [4.69, 9.17) is 5.90 Å². The average molecular weight is 155 g/mol. The molecular formula is C7H10NOP. The summed E-state index contributed by atoms with van der Waals surface area (Å²) in [6.45, 7) is 0. The Morgan fingerprint density at radius 3 is 2.30 bits per heavy atom. The van der Waals surface area contributed by atoms with Crippen molar-refractivity contribution in [1.82, 2.24) is 0 Å². The molecule has 0 spiro atoms. The molecule has 0 aliphatic carbocycles. The van der Waals surface area contributed by atoms with Gasteiger partial charge in [0.1, 0.15) is 5.75 Å². The lowest BCUT2D eigenvalue weighted by Crippen LogP contribution is -2.01. The molecule has 54 valence electrons. The molecule has 0 saturated heterocycles. The summed E-state index contributed by atoms with van der Waals surface area (Å²) in [5.74, 6) is 5.63. The lowest BCUT2D eigenvalue weighted by Gasteiger charge is -1.98. The third-order valence-electron chi connectivity index (χ3n) is 1.30. The lowest BCUT2D eigenvalue weighted by atomic mass is 10.2. The molecule has 1 rings (SSSR count). The van der Waals surface area contributed by atoms with Crippen LogP contribution >= 0.6 is 9.24 Å². The van der Waals surface area contributed by atoms with Crippen LogP contribution in [-0.4, -0.2) is 0 Å². The van der Waals surface area contributed by atoms with Crippen molar-refractivity contribution >= 4 is 9.24 Å². The van der Waals surface area contributed by atoms with Gasteiger partial charge in [0.25, 0.3) is 0 Å². The first kappa shape index (κ1) is 7.52. The minimum absolute atomic E-state index is 0.696. The van der Waals surface area contributed by atoms with Gasteiger partial charge in [0, 0.05) is 0 Å². The maximum absolute atomic E-state index is 4.94. The van der Waals surface area contributed by atoms with E-state index < -0.39 is 0 Å². The average Bonchev–Trinajstić information content (AvgIpc) is 2.05. The highest BCUT2D eigenvalue weighted by Crippen LogP contribution is 2.12. The second-order valence-corrected chi connectivity index (χ2v) is 2.37. The zero-order chi connectivity index (χ0) is 7.40. The van der Waals surface area contributed by atoms with Crippen molar-refractivity contribution in [3.8, 4) is 5.75 Å².